The Bertz CT molecular complexity index is 726. The maximum Gasteiger partial charge on any atom is 0.221 e. The Hall–Kier alpha value is -2.37. The SMILES string of the molecule is Cc1cccc(N2CCN(CCC(=O)NCC(N)c3ccccc3)CC2)c1. The minimum absolute atomic E-state index is 0.0718. The van der Waals surface area contributed by atoms with Crippen LogP contribution in [0.4, 0.5) is 5.69 Å². The maximum atomic E-state index is 12.1. The van der Waals surface area contributed by atoms with Crippen LogP contribution in [0.2, 0.25) is 0 Å². The normalized spacial score (nSPS) is 16.1. The highest BCUT2D eigenvalue weighted by atomic mass is 16.1. The number of amides is 1. The monoisotopic (exact) mass is 366 g/mol. The summed E-state index contributed by atoms with van der Waals surface area (Å²) < 4.78 is 0. The maximum absolute atomic E-state index is 12.1. The van der Waals surface area contributed by atoms with Gasteiger partial charge in [-0.2, -0.15) is 0 Å². The molecule has 1 aliphatic rings. The summed E-state index contributed by atoms with van der Waals surface area (Å²) in [5.74, 6) is 0.0718. The van der Waals surface area contributed by atoms with Crippen molar-refractivity contribution in [2.45, 2.75) is 19.4 Å². The zero-order valence-corrected chi connectivity index (χ0v) is 16.1. The molecule has 0 saturated carbocycles. The molecule has 2 aromatic carbocycles. The van der Waals surface area contributed by atoms with E-state index in [9.17, 15) is 4.79 Å². The molecule has 27 heavy (non-hydrogen) atoms. The number of aryl methyl sites for hydroxylation is 1. The molecular weight excluding hydrogens is 336 g/mol. The second kappa shape index (κ2) is 9.53. The van der Waals surface area contributed by atoms with Crippen molar-refractivity contribution < 1.29 is 4.79 Å². The minimum Gasteiger partial charge on any atom is -0.369 e. The van der Waals surface area contributed by atoms with Gasteiger partial charge >= 0.3 is 0 Å². The number of anilines is 1. The number of nitrogens with zero attached hydrogens (tertiary/aromatic N) is 2. The summed E-state index contributed by atoms with van der Waals surface area (Å²) in [4.78, 5) is 16.9. The van der Waals surface area contributed by atoms with Gasteiger partial charge in [0.25, 0.3) is 0 Å². The number of carbonyl (C=O) groups is 1. The van der Waals surface area contributed by atoms with Gasteiger partial charge in [-0.3, -0.25) is 9.69 Å². The van der Waals surface area contributed by atoms with Crippen LogP contribution in [0.15, 0.2) is 54.6 Å². The second-order valence-corrected chi connectivity index (χ2v) is 7.24. The van der Waals surface area contributed by atoms with E-state index in [0.717, 1.165) is 38.3 Å². The first-order chi connectivity index (χ1) is 13.1. The summed E-state index contributed by atoms with van der Waals surface area (Å²) in [6.45, 7) is 7.39. The summed E-state index contributed by atoms with van der Waals surface area (Å²) >= 11 is 0. The van der Waals surface area contributed by atoms with Gasteiger partial charge < -0.3 is 16.0 Å². The van der Waals surface area contributed by atoms with Crippen molar-refractivity contribution in [1.29, 1.82) is 0 Å². The number of nitrogens with two attached hydrogens (primary N) is 1. The van der Waals surface area contributed by atoms with E-state index in [-0.39, 0.29) is 11.9 Å². The van der Waals surface area contributed by atoms with Gasteiger partial charge in [0, 0.05) is 57.4 Å². The molecule has 5 heteroatoms. The first kappa shape index (κ1) is 19.4. The standard InChI is InChI=1S/C22H30N4O/c1-18-6-5-9-20(16-18)26-14-12-25(13-15-26)11-10-22(27)24-17-21(23)19-7-3-2-4-8-19/h2-9,16,21H,10-15,17,23H2,1H3,(H,24,27). The van der Waals surface area contributed by atoms with E-state index < -0.39 is 0 Å². The third-order valence-corrected chi connectivity index (χ3v) is 5.14. The van der Waals surface area contributed by atoms with Gasteiger partial charge in [-0.05, 0) is 30.2 Å². The summed E-state index contributed by atoms with van der Waals surface area (Å²) in [5, 5.41) is 2.96. The third-order valence-electron chi connectivity index (χ3n) is 5.14. The highest BCUT2D eigenvalue weighted by Crippen LogP contribution is 2.17. The lowest BCUT2D eigenvalue weighted by atomic mass is 10.1. The predicted molar refractivity (Wildman–Crippen MR) is 111 cm³/mol. The lowest BCUT2D eigenvalue weighted by Gasteiger charge is -2.36. The molecule has 1 saturated heterocycles. The molecule has 1 atom stereocenters. The van der Waals surface area contributed by atoms with Crippen molar-refractivity contribution in [3.63, 3.8) is 0 Å². The fraction of sp³-hybridized carbons (Fsp3) is 0.409. The van der Waals surface area contributed by atoms with Crippen LogP contribution in [0.3, 0.4) is 0 Å². The molecule has 1 amide bonds. The summed E-state index contributed by atoms with van der Waals surface area (Å²) in [6.07, 6.45) is 0.520. The average Bonchev–Trinajstić information content (AvgIpc) is 2.71. The highest BCUT2D eigenvalue weighted by molar-refractivity contribution is 5.76. The zero-order valence-electron chi connectivity index (χ0n) is 16.1. The molecule has 2 aromatic rings. The molecule has 1 heterocycles. The molecule has 144 valence electrons. The number of carbonyl (C=O) groups excluding carboxylic acids is 1. The van der Waals surface area contributed by atoms with E-state index in [1.165, 1.54) is 11.3 Å². The molecule has 0 aromatic heterocycles. The van der Waals surface area contributed by atoms with Crippen LogP contribution in [0.25, 0.3) is 0 Å². The van der Waals surface area contributed by atoms with Gasteiger partial charge in [0.2, 0.25) is 5.91 Å². The largest absolute Gasteiger partial charge is 0.369 e. The molecule has 5 nitrogen and oxygen atoms in total. The van der Waals surface area contributed by atoms with Crippen molar-refractivity contribution in [3.8, 4) is 0 Å². The number of hydrogen-bond acceptors (Lipinski definition) is 4. The Morgan fingerprint density at radius 2 is 1.81 bits per heavy atom. The van der Waals surface area contributed by atoms with Crippen LogP contribution in [0.1, 0.15) is 23.6 Å². The van der Waals surface area contributed by atoms with E-state index in [1.807, 2.05) is 30.3 Å². The lowest BCUT2D eigenvalue weighted by molar-refractivity contribution is -0.121. The van der Waals surface area contributed by atoms with E-state index in [4.69, 9.17) is 5.73 Å². The summed E-state index contributed by atoms with van der Waals surface area (Å²) in [6, 6.07) is 18.4. The topological polar surface area (TPSA) is 61.6 Å². The smallest absolute Gasteiger partial charge is 0.221 e. The van der Waals surface area contributed by atoms with Crippen LogP contribution in [0, 0.1) is 6.92 Å². The molecule has 1 fully saturated rings. The molecule has 1 aliphatic heterocycles. The second-order valence-electron chi connectivity index (χ2n) is 7.24. The fourth-order valence-electron chi connectivity index (χ4n) is 3.44. The van der Waals surface area contributed by atoms with Gasteiger partial charge in [0.05, 0.1) is 0 Å². The molecular formula is C22H30N4O. The van der Waals surface area contributed by atoms with Gasteiger partial charge in [-0.1, -0.05) is 42.5 Å². The molecule has 3 N–H and O–H groups in total. The first-order valence-electron chi connectivity index (χ1n) is 9.73. The van der Waals surface area contributed by atoms with E-state index in [2.05, 4.69) is 46.3 Å². The van der Waals surface area contributed by atoms with Crippen molar-refractivity contribution in [1.82, 2.24) is 10.2 Å². The Morgan fingerprint density at radius 1 is 1.07 bits per heavy atom. The van der Waals surface area contributed by atoms with Crippen LogP contribution in [-0.4, -0.2) is 50.1 Å². The van der Waals surface area contributed by atoms with Gasteiger partial charge in [-0.25, -0.2) is 0 Å². The Morgan fingerprint density at radius 3 is 2.52 bits per heavy atom. The molecule has 1 unspecified atom stereocenters. The van der Waals surface area contributed by atoms with Crippen LogP contribution >= 0.6 is 0 Å². The van der Waals surface area contributed by atoms with Gasteiger partial charge in [0.15, 0.2) is 0 Å². The fourth-order valence-corrected chi connectivity index (χ4v) is 3.44. The first-order valence-corrected chi connectivity index (χ1v) is 9.73. The van der Waals surface area contributed by atoms with Crippen molar-refractivity contribution in [2.24, 2.45) is 5.73 Å². The number of rotatable bonds is 7. The molecule has 0 bridgehead atoms. The average molecular weight is 367 g/mol. The quantitative estimate of drug-likeness (QED) is 0.789. The number of hydrogen-bond donors (Lipinski definition) is 2. The van der Waals surface area contributed by atoms with Crippen LogP contribution < -0.4 is 16.0 Å². The van der Waals surface area contributed by atoms with Crippen LogP contribution in [-0.2, 0) is 4.79 Å². The molecule has 0 radical (unpaired) electrons. The molecule has 3 rings (SSSR count). The van der Waals surface area contributed by atoms with E-state index in [1.54, 1.807) is 0 Å². The van der Waals surface area contributed by atoms with Crippen molar-refractivity contribution in [2.75, 3.05) is 44.2 Å². The van der Waals surface area contributed by atoms with Crippen molar-refractivity contribution in [3.05, 3.63) is 65.7 Å². The number of nitrogens with one attached hydrogen (secondary N) is 1. The predicted octanol–water partition coefficient (Wildman–Crippen LogP) is 2.32. The number of piperazine rings is 1. The lowest BCUT2D eigenvalue weighted by Crippen LogP contribution is -2.47. The Kier molecular flexibility index (Phi) is 6.85. The Balaban J connectivity index is 1.35. The Labute approximate surface area is 162 Å². The highest BCUT2D eigenvalue weighted by Gasteiger charge is 2.18. The summed E-state index contributed by atoms with van der Waals surface area (Å²) in [7, 11) is 0. The van der Waals surface area contributed by atoms with E-state index in [0.29, 0.717) is 13.0 Å². The zero-order chi connectivity index (χ0) is 19.1. The third kappa shape index (κ3) is 5.81. The van der Waals surface area contributed by atoms with Crippen molar-refractivity contribution >= 4 is 11.6 Å². The van der Waals surface area contributed by atoms with Crippen LogP contribution in [0.5, 0.6) is 0 Å². The molecule has 0 spiro atoms. The van der Waals surface area contributed by atoms with Gasteiger partial charge in [-0.15, -0.1) is 0 Å². The molecule has 0 aliphatic carbocycles. The van der Waals surface area contributed by atoms with Gasteiger partial charge in [0.1, 0.15) is 0 Å². The van der Waals surface area contributed by atoms with E-state index >= 15 is 0 Å². The summed E-state index contributed by atoms with van der Waals surface area (Å²) in [5.41, 5.74) is 9.76. The minimum atomic E-state index is -0.159. The number of benzene rings is 2.